The highest BCUT2D eigenvalue weighted by Crippen LogP contribution is 2.38. The fourth-order valence-electron chi connectivity index (χ4n) is 3.70. The van der Waals surface area contributed by atoms with E-state index in [0.29, 0.717) is 22.7 Å². The highest BCUT2D eigenvalue weighted by Gasteiger charge is 2.42. The van der Waals surface area contributed by atoms with E-state index in [1.54, 1.807) is 54.3 Å². The first kappa shape index (κ1) is 19.0. The van der Waals surface area contributed by atoms with Gasteiger partial charge in [0.1, 0.15) is 11.6 Å². The molecule has 1 saturated carbocycles. The van der Waals surface area contributed by atoms with Gasteiger partial charge in [0.05, 0.1) is 24.4 Å². The van der Waals surface area contributed by atoms with Gasteiger partial charge in [-0.15, -0.1) is 0 Å². The number of hydrogen-bond donors (Lipinski definition) is 2. The third kappa shape index (κ3) is 3.55. The van der Waals surface area contributed by atoms with Gasteiger partial charge in [-0.1, -0.05) is 30.3 Å². The molecule has 1 atom stereocenters. The molecule has 0 unspecified atom stereocenters. The van der Waals surface area contributed by atoms with Crippen LogP contribution in [0.4, 0.5) is 14.9 Å². The van der Waals surface area contributed by atoms with Gasteiger partial charge in [-0.25, -0.2) is 9.18 Å². The summed E-state index contributed by atoms with van der Waals surface area (Å²) in [6.45, 7) is 1.74. The molecule has 4 rings (SSSR count). The number of methoxy groups -OCH3 is 1. The highest BCUT2D eigenvalue weighted by molar-refractivity contribution is 6.07. The molecule has 1 aliphatic heterocycles. The molecular formula is C22H22FN3O3. The summed E-state index contributed by atoms with van der Waals surface area (Å²) in [5.74, 6) is -0.376. The molecule has 6 nitrogen and oxygen atoms in total. The van der Waals surface area contributed by atoms with Crippen LogP contribution in [0.5, 0.6) is 5.75 Å². The van der Waals surface area contributed by atoms with Gasteiger partial charge in [-0.2, -0.15) is 0 Å². The number of carbonyl (C=O) groups is 2. The summed E-state index contributed by atoms with van der Waals surface area (Å²) >= 11 is 0. The second kappa shape index (κ2) is 7.58. The zero-order valence-corrected chi connectivity index (χ0v) is 16.2. The summed E-state index contributed by atoms with van der Waals surface area (Å²) in [5.41, 5.74) is 1.60. The topological polar surface area (TPSA) is 70.7 Å². The van der Waals surface area contributed by atoms with Crippen molar-refractivity contribution >= 4 is 17.6 Å². The van der Waals surface area contributed by atoms with E-state index >= 15 is 0 Å². The predicted molar refractivity (Wildman–Crippen MR) is 107 cm³/mol. The Bertz CT molecular complexity index is 1000. The molecule has 150 valence electrons. The van der Waals surface area contributed by atoms with Crippen LogP contribution in [0.1, 0.15) is 31.4 Å². The lowest BCUT2D eigenvalue weighted by Crippen LogP contribution is -2.49. The minimum absolute atomic E-state index is 0.0747. The summed E-state index contributed by atoms with van der Waals surface area (Å²) in [4.78, 5) is 27.6. The number of rotatable bonds is 5. The summed E-state index contributed by atoms with van der Waals surface area (Å²) in [6, 6.07) is 12.1. The van der Waals surface area contributed by atoms with E-state index in [2.05, 4.69) is 10.6 Å². The first-order valence-corrected chi connectivity index (χ1v) is 9.50. The SMILES string of the molecule is COc1ccccc1NC(=O)C1=C(C)N(C2CC2)C(=O)N[C@H]1c1ccccc1F. The first-order chi connectivity index (χ1) is 14.0. The van der Waals surface area contributed by atoms with Crippen molar-refractivity contribution < 1.29 is 18.7 Å². The van der Waals surface area contributed by atoms with E-state index in [0.717, 1.165) is 12.8 Å². The predicted octanol–water partition coefficient (Wildman–Crippen LogP) is 3.98. The average molecular weight is 395 g/mol. The average Bonchev–Trinajstić information content (AvgIpc) is 3.53. The van der Waals surface area contributed by atoms with Crippen molar-refractivity contribution in [1.29, 1.82) is 0 Å². The maximum Gasteiger partial charge on any atom is 0.322 e. The monoisotopic (exact) mass is 395 g/mol. The molecule has 1 fully saturated rings. The number of amides is 3. The molecule has 2 aromatic carbocycles. The molecule has 0 spiro atoms. The van der Waals surface area contributed by atoms with E-state index in [1.165, 1.54) is 13.2 Å². The molecule has 1 heterocycles. The lowest BCUT2D eigenvalue weighted by atomic mass is 9.93. The number of allylic oxidation sites excluding steroid dienone is 1. The van der Waals surface area contributed by atoms with Crippen molar-refractivity contribution in [2.45, 2.75) is 31.8 Å². The van der Waals surface area contributed by atoms with Crippen molar-refractivity contribution in [1.82, 2.24) is 10.2 Å². The van der Waals surface area contributed by atoms with Crippen LogP contribution in [0.2, 0.25) is 0 Å². The third-order valence-electron chi connectivity index (χ3n) is 5.25. The van der Waals surface area contributed by atoms with Crippen LogP contribution in [-0.2, 0) is 4.79 Å². The Hall–Kier alpha value is -3.35. The molecule has 1 aliphatic carbocycles. The van der Waals surface area contributed by atoms with Crippen LogP contribution < -0.4 is 15.4 Å². The Kier molecular flexibility index (Phi) is 4.96. The van der Waals surface area contributed by atoms with Gasteiger partial charge in [-0.3, -0.25) is 9.69 Å². The molecule has 2 aliphatic rings. The van der Waals surface area contributed by atoms with Crippen LogP contribution in [-0.4, -0.2) is 30.0 Å². The molecule has 0 aromatic heterocycles. The number of carbonyl (C=O) groups excluding carboxylic acids is 2. The molecule has 0 bridgehead atoms. The normalized spacial score (nSPS) is 19.1. The number of nitrogens with one attached hydrogen (secondary N) is 2. The Balaban J connectivity index is 1.77. The summed E-state index contributed by atoms with van der Waals surface area (Å²) in [7, 11) is 1.52. The second-order valence-electron chi connectivity index (χ2n) is 7.16. The number of halogens is 1. The molecule has 2 aromatic rings. The summed E-state index contributed by atoms with van der Waals surface area (Å²) < 4.78 is 19.8. The number of benzene rings is 2. The quantitative estimate of drug-likeness (QED) is 0.805. The van der Waals surface area contributed by atoms with Crippen molar-refractivity contribution in [3.8, 4) is 5.75 Å². The molecule has 7 heteroatoms. The maximum atomic E-state index is 14.5. The van der Waals surface area contributed by atoms with Gasteiger partial charge < -0.3 is 15.4 Å². The van der Waals surface area contributed by atoms with Crippen LogP contribution in [0.25, 0.3) is 0 Å². The molecule has 2 N–H and O–H groups in total. The van der Waals surface area contributed by atoms with Crippen LogP contribution in [0, 0.1) is 5.82 Å². The molecule has 0 radical (unpaired) electrons. The molecule has 29 heavy (non-hydrogen) atoms. The zero-order valence-electron chi connectivity index (χ0n) is 16.2. The number of nitrogens with zero attached hydrogens (tertiary/aromatic N) is 1. The molecular weight excluding hydrogens is 373 g/mol. The number of urea groups is 1. The first-order valence-electron chi connectivity index (χ1n) is 9.50. The number of hydrogen-bond acceptors (Lipinski definition) is 3. The Morgan fingerprint density at radius 2 is 1.86 bits per heavy atom. The van der Waals surface area contributed by atoms with Gasteiger partial charge in [0, 0.05) is 17.3 Å². The van der Waals surface area contributed by atoms with Crippen LogP contribution in [0.15, 0.2) is 59.8 Å². The molecule has 0 saturated heterocycles. The van der Waals surface area contributed by atoms with Gasteiger partial charge in [0.15, 0.2) is 0 Å². The zero-order chi connectivity index (χ0) is 20.5. The van der Waals surface area contributed by atoms with Crippen molar-refractivity contribution in [2.24, 2.45) is 0 Å². The van der Waals surface area contributed by atoms with E-state index in [-0.39, 0.29) is 17.6 Å². The van der Waals surface area contributed by atoms with Gasteiger partial charge in [0.25, 0.3) is 5.91 Å². The summed E-state index contributed by atoms with van der Waals surface area (Å²) in [5, 5.41) is 5.67. The van der Waals surface area contributed by atoms with Gasteiger partial charge in [-0.05, 0) is 38.0 Å². The van der Waals surface area contributed by atoms with E-state index in [4.69, 9.17) is 4.74 Å². The Morgan fingerprint density at radius 1 is 1.17 bits per heavy atom. The third-order valence-corrected chi connectivity index (χ3v) is 5.25. The fourth-order valence-corrected chi connectivity index (χ4v) is 3.70. The van der Waals surface area contributed by atoms with Gasteiger partial charge >= 0.3 is 6.03 Å². The Morgan fingerprint density at radius 3 is 2.55 bits per heavy atom. The van der Waals surface area contributed by atoms with Crippen molar-refractivity contribution in [3.05, 3.63) is 71.2 Å². The minimum Gasteiger partial charge on any atom is -0.495 e. The van der Waals surface area contributed by atoms with Crippen molar-refractivity contribution in [3.63, 3.8) is 0 Å². The maximum absolute atomic E-state index is 14.5. The van der Waals surface area contributed by atoms with Crippen LogP contribution in [0.3, 0.4) is 0 Å². The largest absolute Gasteiger partial charge is 0.495 e. The smallest absolute Gasteiger partial charge is 0.322 e. The molecule has 3 amide bonds. The highest BCUT2D eigenvalue weighted by atomic mass is 19.1. The number of anilines is 1. The summed E-state index contributed by atoms with van der Waals surface area (Å²) in [6.07, 6.45) is 1.77. The fraction of sp³-hybridized carbons (Fsp3) is 0.273. The van der Waals surface area contributed by atoms with E-state index < -0.39 is 17.8 Å². The van der Waals surface area contributed by atoms with E-state index in [9.17, 15) is 14.0 Å². The second-order valence-corrected chi connectivity index (χ2v) is 7.16. The standard InChI is InChI=1S/C22H22FN3O3/c1-13-19(21(27)24-17-9-5-6-10-18(17)29-2)20(15-7-3-4-8-16(15)23)25-22(28)26(13)14-11-12-14/h3-10,14,20H,11-12H2,1-2H3,(H,24,27)(H,25,28)/t20-/m0/s1. The minimum atomic E-state index is -0.881. The van der Waals surface area contributed by atoms with Crippen molar-refractivity contribution in [2.75, 3.05) is 12.4 Å². The van der Waals surface area contributed by atoms with E-state index in [1.807, 2.05) is 0 Å². The Labute approximate surface area is 168 Å². The lowest BCUT2D eigenvalue weighted by molar-refractivity contribution is -0.113. The number of ether oxygens (including phenoxy) is 1. The van der Waals surface area contributed by atoms with Crippen LogP contribution >= 0.6 is 0 Å². The number of para-hydroxylation sites is 2. The van der Waals surface area contributed by atoms with Gasteiger partial charge in [0.2, 0.25) is 0 Å². The lowest BCUT2D eigenvalue weighted by Gasteiger charge is -2.36.